The molecule has 0 aromatic carbocycles. The fourth-order valence-electron chi connectivity index (χ4n) is 1.91. The summed E-state index contributed by atoms with van der Waals surface area (Å²) in [5.74, 6) is -0.948. The first-order valence-corrected chi connectivity index (χ1v) is 5.69. The molecule has 0 aromatic heterocycles. The Bertz CT molecular complexity index is 287. The molecule has 1 rings (SSSR count). The van der Waals surface area contributed by atoms with Gasteiger partial charge in [0.05, 0.1) is 13.2 Å². The van der Waals surface area contributed by atoms with Crippen LogP contribution >= 0.6 is 0 Å². The van der Waals surface area contributed by atoms with Crippen molar-refractivity contribution in [3.8, 4) is 0 Å². The van der Waals surface area contributed by atoms with Crippen molar-refractivity contribution in [3.63, 3.8) is 0 Å². The van der Waals surface area contributed by atoms with Gasteiger partial charge in [-0.15, -0.1) is 0 Å². The Hall–Kier alpha value is -0.770. The molecule has 1 saturated heterocycles. The normalized spacial score (nSPS) is 35.9. The van der Waals surface area contributed by atoms with Gasteiger partial charge in [-0.25, -0.2) is 0 Å². The Balaban J connectivity index is 2.55. The van der Waals surface area contributed by atoms with Crippen LogP contribution in [0.2, 0.25) is 0 Å². The van der Waals surface area contributed by atoms with E-state index in [-0.39, 0.29) is 19.4 Å². The first kappa shape index (κ1) is 15.3. The van der Waals surface area contributed by atoms with E-state index < -0.39 is 43.2 Å². The number of rotatable bonds is 7. The summed E-state index contributed by atoms with van der Waals surface area (Å²) in [6.07, 6.45) is -3.47. The standard InChI is InChI=1S/C10H19NO7/c12-4-6-8(16)9(17)10(5-13,18-6)11-3-1-2-7(14)15/h6,8-9,11-13,16-17H,1-5H2,(H,14,15)/t6-,8-,9+,10+/m1/s1. The third-order valence-electron chi connectivity index (χ3n) is 2.95. The molecule has 0 aromatic rings. The number of aliphatic hydroxyl groups is 4. The zero-order valence-corrected chi connectivity index (χ0v) is 9.82. The quantitative estimate of drug-likeness (QED) is 0.272. The molecule has 1 aliphatic rings. The Kier molecular flexibility index (Phi) is 5.45. The van der Waals surface area contributed by atoms with Gasteiger partial charge in [-0.2, -0.15) is 0 Å². The highest BCUT2D eigenvalue weighted by Gasteiger charge is 2.53. The number of ether oxygens (including phenoxy) is 1. The van der Waals surface area contributed by atoms with Crippen LogP contribution in [0.4, 0.5) is 0 Å². The maximum absolute atomic E-state index is 10.3. The minimum Gasteiger partial charge on any atom is -0.481 e. The highest BCUT2D eigenvalue weighted by molar-refractivity contribution is 5.66. The van der Waals surface area contributed by atoms with Gasteiger partial charge in [0, 0.05) is 6.42 Å². The van der Waals surface area contributed by atoms with Gasteiger partial charge in [-0.3, -0.25) is 10.1 Å². The number of hydrogen-bond acceptors (Lipinski definition) is 7. The smallest absolute Gasteiger partial charge is 0.303 e. The van der Waals surface area contributed by atoms with Crippen molar-refractivity contribution < 1.29 is 35.1 Å². The number of carboxylic acids is 1. The first-order chi connectivity index (χ1) is 8.46. The predicted octanol–water partition coefficient (Wildman–Crippen LogP) is -2.76. The van der Waals surface area contributed by atoms with Crippen LogP contribution in [-0.2, 0) is 9.53 Å². The van der Waals surface area contributed by atoms with Crippen molar-refractivity contribution >= 4 is 5.97 Å². The zero-order valence-electron chi connectivity index (χ0n) is 9.82. The average molecular weight is 265 g/mol. The minimum absolute atomic E-state index is 0.0589. The lowest BCUT2D eigenvalue weighted by molar-refractivity contribution is -0.140. The molecule has 1 heterocycles. The molecule has 1 fully saturated rings. The maximum atomic E-state index is 10.3. The van der Waals surface area contributed by atoms with Crippen molar-refractivity contribution in [2.75, 3.05) is 19.8 Å². The van der Waals surface area contributed by atoms with E-state index in [9.17, 15) is 20.1 Å². The lowest BCUT2D eigenvalue weighted by atomic mass is 10.0. The van der Waals surface area contributed by atoms with E-state index in [2.05, 4.69) is 5.32 Å². The molecule has 106 valence electrons. The summed E-state index contributed by atoms with van der Waals surface area (Å²) in [4.78, 5) is 10.3. The summed E-state index contributed by atoms with van der Waals surface area (Å²) in [6, 6.07) is 0. The van der Waals surface area contributed by atoms with Crippen molar-refractivity contribution in [2.24, 2.45) is 0 Å². The van der Waals surface area contributed by atoms with Gasteiger partial charge in [0.25, 0.3) is 0 Å². The van der Waals surface area contributed by atoms with Gasteiger partial charge in [-0.05, 0) is 13.0 Å². The summed E-state index contributed by atoms with van der Waals surface area (Å²) in [5, 5.41) is 48.8. The number of aliphatic hydroxyl groups excluding tert-OH is 4. The highest BCUT2D eigenvalue weighted by Crippen LogP contribution is 2.28. The molecule has 0 saturated carbocycles. The summed E-state index contributed by atoms with van der Waals surface area (Å²) in [6.45, 7) is -0.902. The monoisotopic (exact) mass is 265 g/mol. The van der Waals surface area contributed by atoms with Gasteiger partial charge < -0.3 is 30.3 Å². The second-order valence-electron chi connectivity index (χ2n) is 4.25. The molecule has 8 heteroatoms. The fraction of sp³-hybridized carbons (Fsp3) is 0.900. The zero-order chi connectivity index (χ0) is 13.8. The molecule has 0 spiro atoms. The molecule has 18 heavy (non-hydrogen) atoms. The Morgan fingerprint density at radius 3 is 2.44 bits per heavy atom. The summed E-state index contributed by atoms with van der Waals surface area (Å²) < 4.78 is 5.22. The van der Waals surface area contributed by atoms with Crippen LogP contribution in [0.25, 0.3) is 0 Å². The van der Waals surface area contributed by atoms with Gasteiger partial charge in [0.1, 0.15) is 18.3 Å². The SMILES string of the molecule is O=C(O)CCCN[C@@]1(CO)O[C@H](CO)[C@@H](O)[C@@H]1O. The minimum atomic E-state index is -1.56. The topological polar surface area (TPSA) is 139 Å². The summed E-state index contributed by atoms with van der Waals surface area (Å²) >= 11 is 0. The molecule has 4 atom stereocenters. The predicted molar refractivity (Wildman–Crippen MR) is 58.7 cm³/mol. The molecule has 6 N–H and O–H groups in total. The van der Waals surface area contributed by atoms with Crippen molar-refractivity contribution in [2.45, 2.75) is 36.9 Å². The fourth-order valence-corrected chi connectivity index (χ4v) is 1.91. The van der Waals surface area contributed by atoms with Gasteiger partial charge in [0.15, 0.2) is 5.72 Å². The Labute approximate surface area is 104 Å². The van der Waals surface area contributed by atoms with E-state index in [1.54, 1.807) is 0 Å². The number of carbonyl (C=O) groups is 1. The molecular weight excluding hydrogens is 246 g/mol. The summed E-state index contributed by atoms with van der Waals surface area (Å²) in [7, 11) is 0. The number of nitrogens with one attached hydrogen (secondary N) is 1. The Morgan fingerprint density at radius 2 is 2.00 bits per heavy atom. The van der Waals surface area contributed by atoms with Crippen molar-refractivity contribution in [3.05, 3.63) is 0 Å². The van der Waals surface area contributed by atoms with Crippen LogP contribution in [0.1, 0.15) is 12.8 Å². The maximum Gasteiger partial charge on any atom is 0.303 e. The van der Waals surface area contributed by atoms with E-state index in [1.807, 2.05) is 0 Å². The first-order valence-electron chi connectivity index (χ1n) is 5.69. The van der Waals surface area contributed by atoms with Crippen molar-refractivity contribution in [1.82, 2.24) is 5.32 Å². The lowest BCUT2D eigenvalue weighted by Crippen LogP contribution is -2.57. The molecule has 0 amide bonds. The third-order valence-corrected chi connectivity index (χ3v) is 2.95. The van der Waals surface area contributed by atoms with E-state index in [0.717, 1.165) is 0 Å². The van der Waals surface area contributed by atoms with Gasteiger partial charge >= 0.3 is 5.97 Å². The molecule has 0 unspecified atom stereocenters. The Morgan fingerprint density at radius 1 is 1.33 bits per heavy atom. The second kappa shape index (κ2) is 6.41. The molecule has 0 bridgehead atoms. The van der Waals surface area contributed by atoms with Crippen LogP contribution in [0, 0.1) is 0 Å². The highest BCUT2D eigenvalue weighted by atomic mass is 16.6. The second-order valence-corrected chi connectivity index (χ2v) is 4.25. The van der Waals surface area contributed by atoms with Crippen LogP contribution in [0.5, 0.6) is 0 Å². The lowest BCUT2D eigenvalue weighted by Gasteiger charge is -2.31. The average Bonchev–Trinajstić information content (AvgIpc) is 2.59. The van der Waals surface area contributed by atoms with Crippen molar-refractivity contribution in [1.29, 1.82) is 0 Å². The number of aliphatic carboxylic acids is 1. The van der Waals surface area contributed by atoms with Crippen LogP contribution in [0.3, 0.4) is 0 Å². The van der Waals surface area contributed by atoms with Crippen LogP contribution in [0.15, 0.2) is 0 Å². The molecule has 8 nitrogen and oxygen atoms in total. The van der Waals surface area contributed by atoms with Crippen LogP contribution in [-0.4, -0.2) is 75.3 Å². The largest absolute Gasteiger partial charge is 0.481 e. The molecular formula is C10H19NO7. The van der Waals surface area contributed by atoms with E-state index in [4.69, 9.17) is 14.9 Å². The van der Waals surface area contributed by atoms with Crippen LogP contribution < -0.4 is 5.32 Å². The molecule has 0 aliphatic carbocycles. The van der Waals surface area contributed by atoms with Gasteiger partial charge in [-0.1, -0.05) is 0 Å². The third kappa shape index (κ3) is 3.16. The molecule has 0 radical (unpaired) electrons. The number of hydrogen-bond donors (Lipinski definition) is 6. The van der Waals surface area contributed by atoms with E-state index >= 15 is 0 Å². The van der Waals surface area contributed by atoms with E-state index in [0.29, 0.717) is 0 Å². The van der Waals surface area contributed by atoms with E-state index in [1.165, 1.54) is 0 Å². The molecule has 1 aliphatic heterocycles. The number of carboxylic acid groups (broad SMARTS) is 1. The summed E-state index contributed by atoms with van der Waals surface area (Å²) in [5.41, 5.74) is -1.56. The van der Waals surface area contributed by atoms with Gasteiger partial charge in [0.2, 0.25) is 0 Å².